The fourth-order valence-electron chi connectivity index (χ4n) is 2.78. The molecule has 3 aromatic rings. The maximum atomic E-state index is 12.5. The van der Waals surface area contributed by atoms with E-state index < -0.39 is 12.8 Å². The second kappa shape index (κ2) is 8.48. The minimum absolute atomic E-state index is 0.351. The first-order valence-electron chi connectivity index (χ1n) is 8.78. The summed E-state index contributed by atoms with van der Waals surface area (Å²) in [5.41, 5.74) is 3.67. The largest absolute Gasteiger partial charge is 0.411 e. The average Bonchev–Trinajstić information content (AvgIpc) is 3.20. The van der Waals surface area contributed by atoms with Crippen LogP contribution in [0, 0.1) is 13.8 Å². The van der Waals surface area contributed by atoms with Gasteiger partial charge in [0.2, 0.25) is 0 Å². The highest BCUT2D eigenvalue weighted by atomic mass is 19.4. The Balaban J connectivity index is 1.60. The van der Waals surface area contributed by atoms with Crippen molar-refractivity contribution in [2.45, 2.75) is 33.3 Å². The Labute approximate surface area is 165 Å². The number of alkyl halides is 3. The van der Waals surface area contributed by atoms with Crippen LogP contribution in [0.15, 0.2) is 42.7 Å². The predicted octanol–water partition coefficient (Wildman–Crippen LogP) is 3.53. The first-order chi connectivity index (χ1) is 13.7. The number of nitrogens with zero attached hydrogens (tertiary/aromatic N) is 4. The molecule has 0 aliphatic carbocycles. The lowest BCUT2D eigenvalue weighted by atomic mass is 10.1. The molecule has 0 fully saturated rings. The van der Waals surface area contributed by atoms with Gasteiger partial charge >= 0.3 is 6.18 Å². The number of ether oxygens (including phenoxy) is 1. The van der Waals surface area contributed by atoms with Crippen molar-refractivity contribution >= 4 is 11.6 Å². The monoisotopic (exact) mass is 407 g/mol. The Morgan fingerprint density at radius 3 is 2.72 bits per heavy atom. The molecule has 7 nitrogen and oxygen atoms in total. The molecule has 29 heavy (non-hydrogen) atoms. The first kappa shape index (κ1) is 20.6. The molecule has 2 aromatic heterocycles. The summed E-state index contributed by atoms with van der Waals surface area (Å²) in [6, 6.07) is 9.11. The number of aromatic nitrogens is 4. The quantitative estimate of drug-likeness (QED) is 0.650. The number of rotatable bonds is 7. The van der Waals surface area contributed by atoms with Crippen molar-refractivity contribution in [3.05, 3.63) is 65.2 Å². The topological polar surface area (TPSA) is 74.0 Å². The van der Waals surface area contributed by atoms with Gasteiger partial charge in [0.25, 0.3) is 5.91 Å². The molecule has 0 unspecified atom stereocenters. The fourth-order valence-corrected chi connectivity index (χ4v) is 2.78. The Hall–Kier alpha value is -3.14. The van der Waals surface area contributed by atoms with Crippen molar-refractivity contribution in [2.75, 3.05) is 11.9 Å². The van der Waals surface area contributed by atoms with E-state index in [0.717, 1.165) is 17.0 Å². The lowest BCUT2D eigenvalue weighted by Crippen LogP contribution is -2.18. The number of hydrogen-bond acceptors (Lipinski definition) is 4. The summed E-state index contributed by atoms with van der Waals surface area (Å²) in [6.07, 6.45) is -1.66. The summed E-state index contributed by atoms with van der Waals surface area (Å²) < 4.78 is 43.8. The molecular formula is C19H20F3N5O2. The SMILES string of the molecule is Cc1cc(C)n(Cc2cccc(C(=O)Nc3cnn(COCC(F)(F)F)c3)c2)n1. The summed E-state index contributed by atoms with van der Waals surface area (Å²) in [5, 5.41) is 10.9. The Morgan fingerprint density at radius 2 is 2.03 bits per heavy atom. The minimum atomic E-state index is -4.40. The summed E-state index contributed by atoms with van der Waals surface area (Å²) >= 11 is 0. The predicted molar refractivity (Wildman–Crippen MR) is 99.4 cm³/mol. The number of anilines is 1. The summed E-state index contributed by atoms with van der Waals surface area (Å²) in [7, 11) is 0. The van der Waals surface area contributed by atoms with Crippen LogP contribution in [0.4, 0.5) is 18.9 Å². The van der Waals surface area contributed by atoms with Gasteiger partial charge in [0.05, 0.1) is 30.3 Å². The minimum Gasteiger partial charge on any atom is -0.350 e. The molecule has 0 aliphatic rings. The van der Waals surface area contributed by atoms with Gasteiger partial charge < -0.3 is 10.1 Å². The van der Waals surface area contributed by atoms with Crippen molar-refractivity contribution < 1.29 is 22.7 Å². The second-order valence-corrected chi connectivity index (χ2v) is 6.60. The molecule has 10 heteroatoms. The summed E-state index contributed by atoms with van der Waals surface area (Å²) in [5.74, 6) is -0.351. The molecule has 0 saturated carbocycles. The van der Waals surface area contributed by atoms with Crippen molar-refractivity contribution in [2.24, 2.45) is 0 Å². The van der Waals surface area contributed by atoms with E-state index >= 15 is 0 Å². The van der Waals surface area contributed by atoms with Gasteiger partial charge in [-0.05, 0) is 37.6 Å². The normalized spacial score (nSPS) is 11.6. The van der Waals surface area contributed by atoms with Crippen LogP contribution >= 0.6 is 0 Å². The van der Waals surface area contributed by atoms with E-state index in [4.69, 9.17) is 0 Å². The maximum Gasteiger partial charge on any atom is 0.411 e. The van der Waals surface area contributed by atoms with E-state index in [1.54, 1.807) is 18.2 Å². The van der Waals surface area contributed by atoms with Crippen LogP contribution in [0.2, 0.25) is 0 Å². The number of nitrogens with one attached hydrogen (secondary N) is 1. The van der Waals surface area contributed by atoms with E-state index in [0.29, 0.717) is 17.8 Å². The van der Waals surface area contributed by atoms with Gasteiger partial charge in [-0.3, -0.25) is 9.48 Å². The van der Waals surface area contributed by atoms with Crippen molar-refractivity contribution in [1.82, 2.24) is 19.6 Å². The lowest BCUT2D eigenvalue weighted by Gasteiger charge is -2.08. The van der Waals surface area contributed by atoms with Crippen LogP contribution in [0.25, 0.3) is 0 Å². The molecule has 2 heterocycles. The molecule has 0 aliphatic heterocycles. The highest BCUT2D eigenvalue weighted by Crippen LogP contribution is 2.15. The van der Waals surface area contributed by atoms with Crippen LogP contribution < -0.4 is 5.32 Å². The number of halogens is 3. The summed E-state index contributed by atoms with van der Waals surface area (Å²) in [6.45, 7) is 2.69. The van der Waals surface area contributed by atoms with Crippen LogP contribution in [0.1, 0.15) is 27.3 Å². The molecule has 154 valence electrons. The van der Waals surface area contributed by atoms with E-state index in [9.17, 15) is 18.0 Å². The van der Waals surface area contributed by atoms with Gasteiger partial charge in [0.1, 0.15) is 13.3 Å². The van der Waals surface area contributed by atoms with Crippen molar-refractivity contribution in [3.63, 3.8) is 0 Å². The van der Waals surface area contributed by atoms with Gasteiger partial charge in [-0.15, -0.1) is 0 Å². The zero-order valence-electron chi connectivity index (χ0n) is 15.9. The molecule has 0 radical (unpaired) electrons. The number of amides is 1. The van der Waals surface area contributed by atoms with Crippen LogP contribution in [-0.2, 0) is 18.0 Å². The van der Waals surface area contributed by atoms with Crippen LogP contribution in [0.3, 0.4) is 0 Å². The lowest BCUT2D eigenvalue weighted by molar-refractivity contribution is -0.182. The van der Waals surface area contributed by atoms with E-state index in [1.165, 1.54) is 17.1 Å². The Morgan fingerprint density at radius 1 is 1.24 bits per heavy atom. The molecule has 0 atom stereocenters. The van der Waals surface area contributed by atoms with E-state index in [2.05, 4.69) is 20.3 Å². The molecule has 3 rings (SSSR count). The molecule has 1 N–H and O–H groups in total. The maximum absolute atomic E-state index is 12.5. The third kappa shape index (κ3) is 5.92. The average molecular weight is 407 g/mol. The van der Waals surface area contributed by atoms with E-state index in [1.807, 2.05) is 30.7 Å². The molecule has 1 amide bonds. The standard InChI is InChI=1S/C19H20F3N5O2/c1-13-6-14(2)27(25-13)9-15-4-3-5-16(7-15)18(28)24-17-8-23-26(10-17)12-29-11-19(20,21)22/h3-8,10H,9,11-12H2,1-2H3,(H,24,28). The zero-order valence-corrected chi connectivity index (χ0v) is 15.9. The number of aryl methyl sites for hydroxylation is 2. The number of hydrogen-bond donors (Lipinski definition) is 1. The van der Waals surface area contributed by atoms with Gasteiger partial charge in [-0.2, -0.15) is 23.4 Å². The zero-order chi connectivity index (χ0) is 21.0. The third-order valence-electron chi connectivity index (χ3n) is 4.01. The van der Waals surface area contributed by atoms with Gasteiger partial charge in [-0.1, -0.05) is 12.1 Å². The van der Waals surface area contributed by atoms with Gasteiger partial charge in [0.15, 0.2) is 0 Å². The van der Waals surface area contributed by atoms with Crippen LogP contribution in [0.5, 0.6) is 0 Å². The van der Waals surface area contributed by atoms with Gasteiger partial charge in [-0.25, -0.2) is 4.68 Å². The van der Waals surface area contributed by atoms with Crippen molar-refractivity contribution in [1.29, 1.82) is 0 Å². The number of benzene rings is 1. The Kier molecular flexibility index (Phi) is 6.02. The highest BCUT2D eigenvalue weighted by Gasteiger charge is 2.27. The first-order valence-corrected chi connectivity index (χ1v) is 8.78. The molecule has 0 bridgehead atoms. The third-order valence-corrected chi connectivity index (χ3v) is 4.01. The summed E-state index contributed by atoms with van der Waals surface area (Å²) in [4.78, 5) is 12.5. The Bertz CT molecular complexity index is 994. The second-order valence-electron chi connectivity index (χ2n) is 6.60. The smallest absolute Gasteiger partial charge is 0.350 e. The number of carbonyl (C=O) groups excluding carboxylic acids is 1. The highest BCUT2D eigenvalue weighted by molar-refractivity contribution is 6.04. The molecular weight excluding hydrogens is 387 g/mol. The van der Waals surface area contributed by atoms with E-state index in [-0.39, 0.29) is 12.6 Å². The molecule has 0 saturated heterocycles. The fraction of sp³-hybridized carbons (Fsp3) is 0.316. The van der Waals surface area contributed by atoms with Crippen LogP contribution in [-0.4, -0.2) is 38.3 Å². The van der Waals surface area contributed by atoms with Gasteiger partial charge in [0, 0.05) is 11.3 Å². The molecule has 0 spiro atoms. The number of carbonyl (C=O) groups is 1. The van der Waals surface area contributed by atoms with Crippen molar-refractivity contribution in [3.8, 4) is 0 Å². The molecule has 1 aromatic carbocycles.